The third kappa shape index (κ3) is 16.5. The zero-order valence-electron chi connectivity index (χ0n) is 30.6. The molecule has 0 aromatic carbocycles. The van der Waals surface area contributed by atoms with Crippen molar-refractivity contribution in [1.82, 2.24) is 15.2 Å². The number of carbonyl (C=O) groups excluding carboxylic acids is 2. The largest absolute Gasteiger partial charge is 0.370 e. The first-order chi connectivity index (χ1) is 24.1. The van der Waals surface area contributed by atoms with Crippen LogP contribution in [-0.4, -0.2) is 66.1 Å². The van der Waals surface area contributed by atoms with Crippen LogP contribution in [0.5, 0.6) is 0 Å². The summed E-state index contributed by atoms with van der Waals surface area (Å²) in [6.45, 7) is 3.07. The topological polar surface area (TPSA) is 248 Å². The van der Waals surface area contributed by atoms with Crippen molar-refractivity contribution >= 4 is 23.7 Å². The Kier molecular flexibility index (Phi) is 19.0. The summed E-state index contributed by atoms with van der Waals surface area (Å²) in [5, 5.41) is 6.43. The van der Waals surface area contributed by atoms with Crippen molar-refractivity contribution in [3.05, 3.63) is 18.2 Å². The molecule has 0 bridgehead atoms. The molecule has 1 aromatic heterocycles. The molecule has 14 N–H and O–H groups in total. The number of amides is 2. The van der Waals surface area contributed by atoms with Crippen LogP contribution in [0.1, 0.15) is 121 Å². The van der Waals surface area contributed by atoms with Crippen molar-refractivity contribution in [2.45, 2.75) is 153 Å². The third-order valence-electron chi connectivity index (χ3n) is 10.5. The molecule has 50 heavy (non-hydrogen) atoms. The quantitative estimate of drug-likeness (QED) is 0.0338. The number of nitrogens with two attached hydrogens (primary N) is 6. The van der Waals surface area contributed by atoms with Crippen molar-refractivity contribution in [1.29, 1.82) is 0 Å². The summed E-state index contributed by atoms with van der Waals surface area (Å²) in [4.78, 5) is 33.9. The highest BCUT2D eigenvalue weighted by atomic mass is 16.2. The molecule has 0 aliphatic heterocycles. The fraction of sp³-hybridized carbons (Fsp3) is 0.806. The van der Waals surface area contributed by atoms with Gasteiger partial charge in [0.25, 0.3) is 0 Å². The predicted octanol–water partition coefficient (Wildman–Crippen LogP) is 1.40. The highest BCUT2D eigenvalue weighted by Crippen LogP contribution is 2.28. The summed E-state index contributed by atoms with van der Waals surface area (Å²) in [5.41, 5.74) is 35.1. The van der Waals surface area contributed by atoms with E-state index in [2.05, 4.69) is 42.3 Å². The Hall–Kier alpha value is -3.39. The molecule has 2 amide bonds. The Morgan fingerprint density at radius 1 is 0.820 bits per heavy atom. The van der Waals surface area contributed by atoms with E-state index in [0.717, 1.165) is 43.5 Å². The van der Waals surface area contributed by atoms with Gasteiger partial charge in [-0.2, -0.15) is 0 Å². The molecule has 2 aliphatic rings. The molecule has 3 rings (SSSR count). The molecular weight excluding hydrogens is 632 g/mol. The van der Waals surface area contributed by atoms with Crippen molar-refractivity contribution in [3.8, 4) is 0 Å². The summed E-state index contributed by atoms with van der Waals surface area (Å²) in [7, 11) is 0. The number of hydrogen-bond acceptors (Lipinski definition) is 6. The van der Waals surface area contributed by atoms with Crippen LogP contribution in [-0.2, 0) is 29.1 Å². The Morgan fingerprint density at radius 3 is 1.98 bits per heavy atom. The molecule has 0 spiro atoms. The van der Waals surface area contributed by atoms with E-state index in [-0.39, 0.29) is 23.9 Å². The summed E-state index contributed by atoms with van der Waals surface area (Å²) in [6, 6.07) is -1.64. The van der Waals surface area contributed by atoms with Gasteiger partial charge in [0.2, 0.25) is 18.1 Å². The van der Waals surface area contributed by atoms with Gasteiger partial charge in [0, 0.05) is 32.1 Å². The standard InChI is InChI=1S/C36H68N12O2/c37-31(18-8-20-44-36(41)42)34(50)46-29(17-7-19-43-35(39)40)24-45-32(33(38)49)23-30-25-47(21-9-15-27-11-3-1-4-12-27)26-48(30)22-10-16-28-13-5-2-6-14-28/h25-29,31-32,45H,1-24,37H2,(H10-,38,39,40,41,42,43,44,46,49,50)/p+1/t29-,31-,32-/m0/s1. The van der Waals surface area contributed by atoms with E-state index in [0.29, 0.717) is 51.7 Å². The summed E-state index contributed by atoms with van der Waals surface area (Å²) < 4.78 is 4.63. The van der Waals surface area contributed by atoms with E-state index >= 15 is 0 Å². The predicted molar refractivity (Wildman–Crippen MR) is 201 cm³/mol. The van der Waals surface area contributed by atoms with E-state index in [1.807, 2.05) is 0 Å². The van der Waals surface area contributed by atoms with E-state index < -0.39 is 18.0 Å². The first kappa shape index (κ1) is 41.0. The second-order valence-corrected chi connectivity index (χ2v) is 14.7. The Labute approximate surface area is 300 Å². The summed E-state index contributed by atoms with van der Waals surface area (Å²) in [6.07, 6.45) is 25.6. The van der Waals surface area contributed by atoms with Crippen LogP contribution < -0.4 is 49.6 Å². The van der Waals surface area contributed by atoms with Crippen molar-refractivity contribution < 1.29 is 14.2 Å². The Balaban J connectivity index is 1.64. The monoisotopic (exact) mass is 702 g/mol. The van der Waals surface area contributed by atoms with Gasteiger partial charge < -0.3 is 45.0 Å². The van der Waals surface area contributed by atoms with Gasteiger partial charge in [-0.15, -0.1) is 0 Å². The number of guanidine groups is 2. The van der Waals surface area contributed by atoms with E-state index in [1.165, 1.54) is 77.0 Å². The van der Waals surface area contributed by atoms with Crippen LogP contribution >= 0.6 is 0 Å². The first-order valence-electron chi connectivity index (χ1n) is 19.4. The number of nitrogens with one attached hydrogen (secondary N) is 2. The minimum Gasteiger partial charge on any atom is -0.370 e. The van der Waals surface area contributed by atoms with Crippen LogP contribution in [0.4, 0.5) is 0 Å². The van der Waals surface area contributed by atoms with Crippen molar-refractivity contribution in [2.75, 3.05) is 19.6 Å². The number of imidazole rings is 1. The number of rotatable bonds is 24. The number of primary amides is 1. The number of hydrogen-bond donors (Lipinski definition) is 8. The maximum absolute atomic E-state index is 13.0. The average molecular weight is 702 g/mol. The Morgan fingerprint density at radius 2 is 1.40 bits per heavy atom. The molecule has 3 atom stereocenters. The lowest BCUT2D eigenvalue weighted by Gasteiger charge is -2.24. The highest BCUT2D eigenvalue weighted by Gasteiger charge is 2.25. The molecule has 2 saturated carbocycles. The molecule has 0 saturated heterocycles. The van der Waals surface area contributed by atoms with Gasteiger partial charge in [-0.05, 0) is 63.2 Å². The molecule has 1 heterocycles. The minimum absolute atomic E-state index is 0.00938. The van der Waals surface area contributed by atoms with Gasteiger partial charge >= 0.3 is 0 Å². The third-order valence-corrected chi connectivity index (χ3v) is 10.5. The summed E-state index contributed by atoms with van der Waals surface area (Å²) >= 11 is 0. The maximum Gasteiger partial charge on any atom is 0.243 e. The maximum atomic E-state index is 13.0. The average Bonchev–Trinajstić information content (AvgIpc) is 3.47. The van der Waals surface area contributed by atoms with Gasteiger partial charge in [0.05, 0.1) is 25.2 Å². The molecule has 14 nitrogen and oxygen atoms in total. The van der Waals surface area contributed by atoms with Gasteiger partial charge in [0.1, 0.15) is 11.9 Å². The molecule has 1 aromatic rings. The van der Waals surface area contributed by atoms with Gasteiger partial charge in [-0.25, -0.2) is 9.13 Å². The molecule has 14 heteroatoms. The van der Waals surface area contributed by atoms with Crippen LogP contribution in [0, 0.1) is 11.8 Å². The van der Waals surface area contributed by atoms with Crippen molar-refractivity contribution in [2.24, 2.45) is 56.2 Å². The normalized spacial score (nSPS) is 17.5. The van der Waals surface area contributed by atoms with Gasteiger partial charge in [-0.1, -0.05) is 64.2 Å². The van der Waals surface area contributed by atoms with E-state index in [9.17, 15) is 9.59 Å². The van der Waals surface area contributed by atoms with Gasteiger partial charge in [-0.3, -0.25) is 19.6 Å². The van der Waals surface area contributed by atoms with Crippen molar-refractivity contribution in [3.63, 3.8) is 0 Å². The lowest BCUT2D eigenvalue weighted by molar-refractivity contribution is -0.697. The number of aryl methyl sites for hydroxylation is 2. The second kappa shape index (κ2) is 23.2. The number of nitrogens with zero attached hydrogens (tertiary/aromatic N) is 4. The molecular formula is C36H69N12O2+. The Bertz CT molecular complexity index is 1180. The fourth-order valence-corrected chi connectivity index (χ4v) is 7.61. The zero-order valence-corrected chi connectivity index (χ0v) is 30.6. The molecule has 2 fully saturated rings. The number of aliphatic imine (C=N–C) groups is 2. The van der Waals surface area contributed by atoms with Crippen LogP contribution in [0.2, 0.25) is 0 Å². The zero-order chi connectivity index (χ0) is 36.1. The molecule has 0 unspecified atom stereocenters. The molecule has 2 aliphatic carbocycles. The lowest BCUT2D eigenvalue weighted by atomic mass is 9.86. The number of aromatic nitrogens is 2. The van der Waals surface area contributed by atoms with E-state index in [1.54, 1.807) is 0 Å². The smallest absolute Gasteiger partial charge is 0.243 e. The molecule has 0 radical (unpaired) electrons. The highest BCUT2D eigenvalue weighted by molar-refractivity contribution is 5.82. The van der Waals surface area contributed by atoms with Crippen LogP contribution in [0.3, 0.4) is 0 Å². The second-order valence-electron chi connectivity index (χ2n) is 14.7. The van der Waals surface area contributed by atoms with Crippen LogP contribution in [0.15, 0.2) is 22.5 Å². The minimum atomic E-state index is -0.721. The SMILES string of the molecule is NC(=O)[C@H](Cc1c[n+](CCCC2CCCCC2)cn1CCCC1CCCCC1)NC[C@H](CCCN=C(N)N)NC(=O)[C@@H](N)CCCN=C(N)N. The molecule has 284 valence electrons. The fourth-order valence-electron chi connectivity index (χ4n) is 7.61. The number of carbonyl (C=O) groups is 2. The lowest BCUT2D eigenvalue weighted by Crippen LogP contribution is -2.52. The van der Waals surface area contributed by atoms with Crippen LogP contribution in [0.25, 0.3) is 0 Å². The first-order valence-corrected chi connectivity index (χ1v) is 19.4. The van der Waals surface area contributed by atoms with Gasteiger partial charge in [0.15, 0.2) is 11.9 Å². The summed E-state index contributed by atoms with van der Waals surface area (Å²) in [5.74, 6) is 1.02. The van der Waals surface area contributed by atoms with E-state index in [4.69, 9.17) is 34.4 Å².